The molecule has 0 unspecified atom stereocenters. The Morgan fingerprint density at radius 2 is 2.00 bits per heavy atom. The summed E-state index contributed by atoms with van der Waals surface area (Å²) in [7, 11) is 0. The van der Waals surface area contributed by atoms with Gasteiger partial charge >= 0.3 is 0 Å². The summed E-state index contributed by atoms with van der Waals surface area (Å²) in [6.45, 7) is 6.82. The van der Waals surface area contributed by atoms with E-state index >= 15 is 0 Å². The highest BCUT2D eigenvalue weighted by molar-refractivity contribution is 5.98. The number of fused-ring (bicyclic) bond motifs is 1. The van der Waals surface area contributed by atoms with Crippen molar-refractivity contribution in [2.24, 2.45) is 5.92 Å². The number of amides is 2. The molecular formula is C20H29N3O3. The van der Waals surface area contributed by atoms with Crippen molar-refractivity contribution in [2.75, 3.05) is 44.2 Å². The molecule has 1 aromatic rings. The Labute approximate surface area is 155 Å². The lowest BCUT2D eigenvalue weighted by Gasteiger charge is -2.30. The second kappa shape index (κ2) is 9.03. The molecule has 2 heterocycles. The molecule has 2 aliphatic rings. The van der Waals surface area contributed by atoms with Crippen molar-refractivity contribution in [3.8, 4) is 5.75 Å². The molecule has 1 N–H and O–H groups in total. The number of hydrogen-bond donors (Lipinski definition) is 1. The van der Waals surface area contributed by atoms with Gasteiger partial charge in [0, 0.05) is 19.5 Å². The largest absolute Gasteiger partial charge is 0.482 e. The fourth-order valence-electron chi connectivity index (χ4n) is 3.52. The minimum atomic E-state index is -0.101. The minimum Gasteiger partial charge on any atom is -0.482 e. The zero-order valence-electron chi connectivity index (χ0n) is 15.6. The zero-order chi connectivity index (χ0) is 18.4. The number of anilines is 1. The predicted octanol–water partition coefficient (Wildman–Crippen LogP) is 2.04. The van der Waals surface area contributed by atoms with Crippen molar-refractivity contribution in [2.45, 2.75) is 32.6 Å². The quantitative estimate of drug-likeness (QED) is 0.757. The summed E-state index contributed by atoms with van der Waals surface area (Å²) in [6, 6.07) is 7.44. The van der Waals surface area contributed by atoms with E-state index in [0.717, 1.165) is 24.6 Å². The molecule has 0 atom stereocenters. The number of rotatable bonds is 7. The molecule has 0 aliphatic carbocycles. The SMILES string of the molecule is CC1CCN(CCCNC(=O)CCN2C(=O)COc3ccccc32)CC1. The first kappa shape index (κ1) is 18.7. The number of benzene rings is 1. The summed E-state index contributed by atoms with van der Waals surface area (Å²) in [4.78, 5) is 28.3. The molecular weight excluding hydrogens is 330 g/mol. The fraction of sp³-hybridized carbons (Fsp3) is 0.600. The van der Waals surface area contributed by atoms with Crippen LogP contribution in [0.3, 0.4) is 0 Å². The van der Waals surface area contributed by atoms with Gasteiger partial charge in [-0.15, -0.1) is 0 Å². The van der Waals surface area contributed by atoms with E-state index in [-0.39, 0.29) is 18.4 Å². The second-order valence-corrected chi connectivity index (χ2v) is 7.28. The highest BCUT2D eigenvalue weighted by Gasteiger charge is 2.25. The summed E-state index contributed by atoms with van der Waals surface area (Å²) >= 11 is 0. The van der Waals surface area contributed by atoms with Crippen molar-refractivity contribution in [3.05, 3.63) is 24.3 Å². The van der Waals surface area contributed by atoms with E-state index in [1.807, 2.05) is 24.3 Å². The summed E-state index contributed by atoms with van der Waals surface area (Å²) in [5, 5.41) is 2.97. The predicted molar refractivity (Wildman–Crippen MR) is 101 cm³/mol. The molecule has 26 heavy (non-hydrogen) atoms. The van der Waals surface area contributed by atoms with Gasteiger partial charge in [0.15, 0.2) is 6.61 Å². The molecule has 142 valence electrons. The van der Waals surface area contributed by atoms with Gasteiger partial charge in [0.05, 0.1) is 5.69 Å². The van der Waals surface area contributed by atoms with Gasteiger partial charge < -0.3 is 19.9 Å². The Hall–Kier alpha value is -2.08. The van der Waals surface area contributed by atoms with Gasteiger partial charge in [-0.3, -0.25) is 9.59 Å². The van der Waals surface area contributed by atoms with Crippen LogP contribution < -0.4 is 15.0 Å². The van der Waals surface area contributed by atoms with Crippen LogP contribution in [0.25, 0.3) is 0 Å². The van der Waals surface area contributed by atoms with Crippen LogP contribution in [0.15, 0.2) is 24.3 Å². The van der Waals surface area contributed by atoms with Crippen LogP contribution in [0.1, 0.15) is 32.6 Å². The van der Waals surface area contributed by atoms with E-state index in [0.29, 0.717) is 25.3 Å². The van der Waals surface area contributed by atoms with Gasteiger partial charge in [0.2, 0.25) is 5.91 Å². The highest BCUT2D eigenvalue weighted by Crippen LogP contribution is 2.31. The average molecular weight is 359 g/mol. The van der Waals surface area contributed by atoms with Gasteiger partial charge in [0.25, 0.3) is 5.91 Å². The van der Waals surface area contributed by atoms with Gasteiger partial charge in [-0.25, -0.2) is 0 Å². The minimum absolute atomic E-state index is 0.00552. The Kier molecular flexibility index (Phi) is 6.50. The number of nitrogens with one attached hydrogen (secondary N) is 1. The Morgan fingerprint density at radius 1 is 1.23 bits per heavy atom. The van der Waals surface area contributed by atoms with Gasteiger partial charge in [0.1, 0.15) is 5.75 Å². The summed E-state index contributed by atoms with van der Waals surface area (Å²) in [5.74, 6) is 1.44. The summed E-state index contributed by atoms with van der Waals surface area (Å²) in [5.41, 5.74) is 0.746. The first-order valence-corrected chi connectivity index (χ1v) is 9.65. The standard InChI is InChI=1S/C20H29N3O3/c1-16-7-12-22(13-8-16)11-4-10-21-19(24)9-14-23-17-5-2-3-6-18(17)26-15-20(23)25/h2-3,5-6,16H,4,7-15H2,1H3,(H,21,24). The number of carbonyl (C=O) groups is 2. The van der Waals surface area contributed by atoms with E-state index in [1.54, 1.807) is 4.90 Å². The zero-order valence-corrected chi connectivity index (χ0v) is 15.6. The third-order valence-corrected chi connectivity index (χ3v) is 5.22. The van der Waals surface area contributed by atoms with E-state index in [4.69, 9.17) is 4.74 Å². The van der Waals surface area contributed by atoms with Gasteiger partial charge in [-0.1, -0.05) is 19.1 Å². The molecule has 6 heteroatoms. The lowest BCUT2D eigenvalue weighted by molar-refractivity contribution is -0.122. The maximum Gasteiger partial charge on any atom is 0.265 e. The highest BCUT2D eigenvalue weighted by atomic mass is 16.5. The second-order valence-electron chi connectivity index (χ2n) is 7.28. The number of hydrogen-bond acceptors (Lipinski definition) is 4. The Balaban J connectivity index is 1.36. The molecule has 0 saturated carbocycles. The van der Waals surface area contributed by atoms with Crippen molar-refractivity contribution in [1.82, 2.24) is 10.2 Å². The summed E-state index contributed by atoms with van der Waals surface area (Å²) < 4.78 is 5.42. The maximum absolute atomic E-state index is 12.1. The topological polar surface area (TPSA) is 61.9 Å². The number of para-hydroxylation sites is 2. The molecule has 2 amide bonds. The number of nitrogens with zero attached hydrogens (tertiary/aromatic N) is 2. The summed E-state index contributed by atoms with van der Waals surface area (Å²) in [6.07, 6.45) is 3.84. The van der Waals surface area contributed by atoms with Crippen LogP contribution in [0.2, 0.25) is 0 Å². The normalized spacial score (nSPS) is 18.3. The molecule has 3 rings (SSSR count). The van der Waals surface area contributed by atoms with Crippen LogP contribution in [-0.2, 0) is 9.59 Å². The van der Waals surface area contributed by atoms with Crippen molar-refractivity contribution >= 4 is 17.5 Å². The number of ether oxygens (including phenoxy) is 1. The molecule has 6 nitrogen and oxygen atoms in total. The molecule has 1 saturated heterocycles. The fourth-order valence-corrected chi connectivity index (χ4v) is 3.52. The monoisotopic (exact) mass is 359 g/mol. The van der Waals surface area contributed by atoms with Crippen molar-refractivity contribution in [1.29, 1.82) is 0 Å². The number of carbonyl (C=O) groups excluding carboxylic acids is 2. The first-order valence-electron chi connectivity index (χ1n) is 9.65. The molecule has 0 aromatic heterocycles. The molecule has 0 radical (unpaired) electrons. The van der Waals surface area contributed by atoms with E-state index in [1.165, 1.54) is 25.9 Å². The van der Waals surface area contributed by atoms with E-state index in [9.17, 15) is 9.59 Å². The third kappa shape index (κ3) is 4.97. The first-order chi connectivity index (χ1) is 12.6. The molecule has 0 spiro atoms. The molecule has 1 fully saturated rings. The lowest BCUT2D eigenvalue weighted by Crippen LogP contribution is -2.41. The van der Waals surface area contributed by atoms with E-state index < -0.39 is 0 Å². The average Bonchev–Trinajstić information content (AvgIpc) is 2.66. The smallest absolute Gasteiger partial charge is 0.265 e. The lowest BCUT2D eigenvalue weighted by atomic mass is 9.99. The molecule has 1 aromatic carbocycles. The van der Waals surface area contributed by atoms with Crippen LogP contribution in [0, 0.1) is 5.92 Å². The van der Waals surface area contributed by atoms with Crippen LogP contribution in [0.4, 0.5) is 5.69 Å². The van der Waals surface area contributed by atoms with Crippen LogP contribution in [0.5, 0.6) is 5.75 Å². The number of piperidine rings is 1. The van der Waals surface area contributed by atoms with Crippen molar-refractivity contribution < 1.29 is 14.3 Å². The van der Waals surface area contributed by atoms with Gasteiger partial charge in [-0.05, 0) is 56.9 Å². The molecule has 0 bridgehead atoms. The van der Waals surface area contributed by atoms with E-state index in [2.05, 4.69) is 17.1 Å². The van der Waals surface area contributed by atoms with Crippen LogP contribution >= 0.6 is 0 Å². The van der Waals surface area contributed by atoms with Gasteiger partial charge in [-0.2, -0.15) is 0 Å². The third-order valence-electron chi connectivity index (χ3n) is 5.22. The Morgan fingerprint density at radius 3 is 2.81 bits per heavy atom. The van der Waals surface area contributed by atoms with Crippen LogP contribution in [-0.4, -0.2) is 56.0 Å². The molecule has 2 aliphatic heterocycles. The maximum atomic E-state index is 12.1. The van der Waals surface area contributed by atoms with Crippen molar-refractivity contribution in [3.63, 3.8) is 0 Å². The Bertz CT molecular complexity index is 626. The number of likely N-dealkylation sites (tertiary alicyclic amines) is 1.